The number of carbonyl (C=O) groups is 2. The van der Waals surface area contributed by atoms with Crippen molar-refractivity contribution in [3.63, 3.8) is 0 Å². The number of amides is 2. The fraction of sp³-hybridized carbons (Fsp3) is 0.0769. The molecule has 6 nitrogen and oxygen atoms in total. The van der Waals surface area contributed by atoms with E-state index < -0.39 is 11.8 Å². The van der Waals surface area contributed by atoms with E-state index in [1.807, 2.05) is 6.07 Å². The lowest BCUT2D eigenvalue weighted by Crippen LogP contribution is -2.51. The number of nitrogens with zero attached hydrogens (tertiary/aromatic N) is 1. The van der Waals surface area contributed by atoms with E-state index in [1.165, 1.54) is 6.08 Å². The minimum Gasteiger partial charge on any atom is -0.479 e. The lowest BCUT2D eigenvalue weighted by Gasteiger charge is -2.16. The van der Waals surface area contributed by atoms with Gasteiger partial charge >= 0.3 is 0 Å². The fourth-order valence-electron chi connectivity index (χ4n) is 1.58. The number of carbonyl (C=O) groups excluding carboxylic acids is 2. The predicted molar refractivity (Wildman–Crippen MR) is 74.4 cm³/mol. The monoisotopic (exact) mass is 287 g/mol. The van der Waals surface area contributed by atoms with Crippen LogP contribution in [-0.2, 0) is 9.59 Å². The van der Waals surface area contributed by atoms with Crippen molar-refractivity contribution in [2.45, 2.75) is 0 Å². The Labute approximate surface area is 120 Å². The van der Waals surface area contributed by atoms with E-state index in [-0.39, 0.29) is 17.3 Å². The van der Waals surface area contributed by atoms with Gasteiger partial charge < -0.3 is 4.74 Å². The topological polar surface area (TPSA) is 91.2 Å². The van der Waals surface area contributed by atoms with Crippen LogP contribution >= 0.6 is 12.2 Å². The standard InChI is InChI=1S/C13H9N3O3S/c14-4-5-19-9-3-1-2-8(6-9)7-10-11(17)15-13(20)16-12(10)18/h1-3,6-7H,5H2,(H2,15,16,17,18,20). The minimum absolute atomic E-state index is 0.0109. The summed E-state index contributed by atoms with van der Waals surface area (Å²) >= 11 is 4.70. The maximum Gasteiger partial charge on any atom is 0.263 e. The van der Waals surface area contributed by atoms with Gasteiger partial charge in [-0.3, -0.25) is 20.2 Å². The molecule has 1 heterocycles. The Morgan fingerprint density at radius 3 is 2.65 bits per heavy atom. The molecular formula is C13H9N3O3S. The fourth-order valence-corrected chi connectivity index (χ4v) is 1.77. The van der Waals surface area contributed by atoms with Gasteiger partial charge in [-0.05, 0) is 36.0 Å². The summed E-state index contributed by atoms with van der Waals surface area (Å²) < 4.78 is 5.14. The number of thiocarbonyl (C=S) groups is 1. The van der Waals surface area contributed by atoms with Gasteiger partial charge in [0.2, 0.25) is 0 Å². The summed E-state index contributed by atoms with van der Waals surface area (Å²) in [4.78, 5) is 23.3. The zero-order valence-corrected chi connectivity index (χ0v) is 11.0. The van der Waals surface area contributed by atoms with Crippen LogP contribution in [-0.4, -0.2) is 23.5 Å². The quantitative estimate of drug-likeness (QED) is 0.480. The van der Waals surface area contributed by atoms with Crippen molar-refractivity contribution in [1.82, 2.24) is 10.6 Å². The highest BCUT2D eigenvalue weighted by atomic mass is 32.1. The van der Waals surface area contributed by atoms with Crippen LogP contribution in [0.15, 0.2) is 29.8 Å². The molecule has 1 aromatic carbocycles. The summed E-state index contributed by atoms with van der Waals surface area (Å²) in [5.74, 6) is -0.628. The smallest absolute Gasteiger partial charge is 0.263 e. The highest BCUT2D eigenvalue weighted by molar-refractivity contribution is 7.80. The van der Waals surface area contributed by atoms with E-state index in [2.05, 4.69) is 10.6 Å². The van der Waals surface area contributed by atoms with Crippen LogP contribution in [0.4, 0.5) is 0 Å². The normalized spacial score (nSPS) is 14.2. The van der Waals surface area contributed by atoms with Crippen molar-refractivity contribution in [3.05, 3.63) is 35.4 Å². The van der Waals surface area contributed by atoms with Crippen molar-refractivity contribution in [2.75, 3.05) is 6.61 Å². The molecule has 0 aromatic heterocycles. The molecule has 2 amide bonds. The molecule has 2 rings (SSSR count). The first-order chi connectivity index (χ1) is 9.60. The van der Waals surface area contributed by atoms with Gasteiger partial charge in [-0.1, -0.05) is 12.1 Å². The Morgan fingerprint density at radius 2 is 2.00 bits per heavy atom. The van der Waals surface area contributed by atoms with E-state index in [9.17, 15) is 9.59 Å². The molecule has 100 valence electrons. The van der Waals surface area contributed by atoms with Gasteiger partial charge in [0.1, 0.15) is 17.4 Å². The molecule has 1 fully saturated rings. The summed E-state index contributed by atoms with van der Waals surface area (Å²) in [6.07, 6.45) is 1.42. The number of ether oxygens (including phenoxy) is 1. The molecule has 0 spiro atoms. The summed E-state index contributed by atoms with van der Waals surface area (Å²) in [6.45, 7) is -0.0741. The summed E-state index contributed by atoms with van der Waals surface area (Å²) in [7, 11) is 0. The van der Waals surface area contributed by atoms with Crippen LogP contribution in [0.1, 0.15) is 5.56 Å². The predicted octanol–water partition coefficient (Wildman–Crippen LogP) is 0.503. The molecule has 0 bridgehead atoms. The average molecular weight is 287 g/mol. The molecule has 0 saturated carbocycles. The molecule has 7 heteroatoms. The van der Waals surface area contributed by atoms with Crippen molar-refractivity contribution >= 4 is 35.2 Å². The Hall–Kier alpha value is -2.72. The van der Waals surface area contributed by atoms with Gasteiger partial charge in [-0.2, -0.15) is 5.26 Å². The minimum atomic E-state index is -0.554. The molecule has 1 saturated heterocycles. The second kappa shape index (κ2) is 5.95. The number of nitriles is 1. The molecule has 1 aromatic rings. The maximum absolute atomic E-state index is 11.7. The molecule has 1 aliphatic heterocycles. The first kappa shape index (κ1) is 13.7. The molecule has 20 heavy (non-hydrogen) atoms. The van der Waals surface area contributed by atoms with Gasteiger partial charge in [0.25, 0.3) is 11.8 Å². The van der Waals surface area contributed by atoms with Gasteiger partial charge in [0.15, 0.2) is 11.7 Å². The lowest BCUT2D eigenvalue weighted by atomic mass is 10.1. The molecule has 0 radical (unpaired) electrons. The van der Waals surface area contributed by atoms with E-state index >= 15 is 0 Å². The van der Waals surface area contributed by atoms with E-state index in [1.54, 1.807) is 24.3 Å². The Balaban J connectivity index is 2.26. The highest BCUT2D eigenvalue weighted by Gasteiger charge is 2.25. The van der Waals surface area contributed by atoms with Crippen molar-refractivity contribution in [1.29, 1.82) is 5.26 Å². The van der Waals surface area contributed by atoms with Crippen molar-refractivity contribution < 1.29 is 14.3 Å². The maximum atomic E-state index is 11.7. The van der Waals surface area contributed by atoms with Gasteiger partial charge in [-0.15, -0.1) is 0 Å². The van der Waals surface area contributed by atoms with Crippen LogP contribution in [0.3, 0.4) is 0 Å². The Morgan fingerprint density at radius 1 is 1.30 bits per heavy atom. The zero-order valence-electron chi connectivity index (χ0n) is 10.2. The lowest BCUT2D eigenvalue weighted by molar-refractivity contribution is -0.123. The van der Waals surface area contributed by atoms with Crippen LogP contribution in [0, 0.1) is 11.3 Å². The third-order valence-corrected chi connectivity index (χ3v) is 2.62. The Bertz CT molecular complexity index is 639. The molecule has 2 N–H and O–H groups in total. The van der Waals surface area contributed by atoms with Crippen molar-refractivity contribution in [2.24, 2.45) is 0 Å². The van der Waals surface area contributed by atoms with Crippen LogP contribution in [0.25, 0.3) is 6.08 Å². The SMILES string of the molecule is N#CCOc1cccc(C=C2C(=O)NC(=S)NC2=O)c1. The second-order valence-corrected chi connectivity index (χ2v) is 4.22. The highest BCUT2D eigenvalue weighted by Crippen LogP contribution is 2.16. The number of hydrogen-bond donors (Lipinski definition) is 2. The summed E-state index contributed by atoms with van der Waals surface area (Å²) in [5, 5.41) is 13.1. The third kappa shape index (κ3) is 3.18. The molecular weight excluding hydrogens is 278 g/mol. The molecule has 0 aliphatic carbocycles. The first-order valence-electron chi connectivity index (χ1n) is 5.58. The largest absolute Gasteiger partial charge is 0.479 e. The average Bonchev–Trinajstić information content (AvgIpc) is 2.41. The van der Waals surface area contributed by atoms with E-state index in [4.69, 9.17) is 22.2 Å². The first-order valence-corrected chi connectivity index (χ1v) is 5.99. The van der Waals surface area contributed by atoms with Crippen LogP contribution in [0.5, 0.6) is 5.75 Å². The molecule has 1 aliphatic rings. The molecule has 0 atom stereocenters. The third-order valence-electron chi connectivity index (χ3n) is 2.42. The second-order valence-electron chi connectivity index (χ2n) is 3.81. The number of nitrogens with one attached hydrogen (secondary N) is 2. The van der Waals surface area contributed by atoms with Gasteiger partial charge in [-0.25, -0.2) is 0 Å². The number of hydrogen-bond acceptors (Lipinski definition) is 5. The Kier molecular flexibility index (Phi) is 4.08. The van der Waals surface area contributed by atoms with Crippen molar-refractivity contribution in [3.8, 4) is 11.8 Å². The number of benzene rings is 1. The number of rotatable bonds is 3. The van der Waals surface area contributed by atoms with Crippen LogP contribution < -0.4 is 15.4 Å². The zero-order chi connectivity index (χ0) is 14.5. The summed E-state index contributed by atoms with van der Waals surface area (Å²) in [6, 6.07) is 8.56. The molecule has 0 unspecified atom stereocenters. The van der Waals surface area contributed by atoms with E-state index in [0.717, 1.165) is 0 Å². The summed E-state index contributed by atoms with van der Waals surface area (Å²) in [5.41, 5.74) is 0.560. The van der Waals surface area contributed by atoms with Crippen LogP contribution in [0.2, 0.25) is 0 Å². The van der Waals surface area contributed by atoms with E-state index in [0.29, 0.717) is 11.3 Å². The van der Waals surface area contributed by atoms with Gasteiger partial charge in [0.05, 0.1) is 0 Å². The van der Waals surface area contributed by atoms with Gasteiger partial charge in [0, 0.05) is 0 Å².